The van der Waals surface area contributed by atoms with Crippen molar-refractivity contribution < 1.29 is 27.4 Å². The van der Waals surface area contributed by atoms with Gasteiger partial charge in [0.05, 0.1) is 7.11 Å². The van der Waals surface area contributed by atoms with Gasteiger partial charge in [0, 0.05) is 12.3 Å². The fourth-order valence-corrected chi connectivity index (χ4v) is 4.83. The van der Waals surface area contributed by atoms with Crippen LogP contribution in [0.2, 0.25) is 5.15 Å². The number of hydrogen-bond donors (Lipinski definition) is 1. The minimum atomic E-state index is -4.20. The first-order valence-electron chi connectivity index (χ1n) is 12.6. The molecule has 5 rings (SSSR count). The molecule has 0 unspecified atom stereocenters. The van der Waals surface area contributed by atoms with Gasteiger partial charge in [0.2, 0.25) is 5.75 Å². The lowest BCUT2D eigenvalue weighted by molar-refractivity contribution is 0.304. The van der Waals surface area contributed by atoms with Crippen LogP contribution in [-0.4, -0.2) is 30.5 Å². The number of pyridine rings is 1. The maximum atomic E-state index is 13.2. The molecule has 0 radical (unpaired) electrons. The molecule has 0 atom stereocenters. The number of nitrogens with zero attached hydrogens (tertiary/aromatic N) is 3. The van der Waals surface area contributed by atoms with Gasteiger partial charge in [0.1, 0.15) is 18.1 Å². The van der Waals surface area contributed by atoms with E-state index in [2.05, 4.69) is 19.7 Å². The second kappa shape index (κ2) is 12.8. The highest BCUT2D eigenvalue weighted by molar-refractivity contribution is 7.92. The molecule has 0 aliphatic carbocycles. The Labute approximate surface area is 247 Å². The van der Waals surface area contributed by atoms with Crippen molar-refractivity contribution >= 4 is 27.4 Å². The fraction of sp³-hybridized carbons (Fsp3) is 0.100. The molecular formula is C30H25ClN4O6S. The number of halogens is 1. The Hall–Kier alpha value is -4.87. The predicted molar refractivity (Wildman–Crippen MR) is 157 cm³/mol. The molecule has 0 saturated carbocycles. The van der Waals surface area contributed by atoms with Crippen LogP contribution in [0.4, 0.5) is 5.82 Å². The van der Waals surface area contributed by atoms with E-state index in [-0.39, 0.29) is 33.5 Å². The van der Waals surface area contributed by atoms with E-state index in [1.54, 1.807) is 61.5 Å². The number of rotatable bonds is 11. The number of methoxy groups -OCH3 is 1. The maximum absolute atomic E-state index is 13.2. The number of ether oxygens (including phenoxy) is 4. The monoisotopic (exact) mass is 604 g/mol. The van der Waals surface area contributed by atoms with Gasteiger partial charge in [0.25, 0.3) is 10.0 Å². The van der Waals surface area contributed by atoms with E-state index >= 15 is 0 Å². The Bertz CT molecular complexity index is 1790. The summed E-state index contributed by atoms with van der Waals surface area (Å²) in [5.74, 6) is 1.10. The van der Waals surface area contributed by atoms with Crippen molar-refractivity contribution in [3.8, 4) is 34.8 Å². The molecule has 10 nitrogen and oxygen atoms in total. The largest absolute Gasteiger partial charge is 0.493 e. The van der Waals surface area contributed by atoms with Gasteiger partial charge in [-0.2, -0.15) is 18.4 Å². The summed E-state index contributed by atoms with van der Waals surface area (Å²) in [5, 5.41) is -0.436. The zero-order chi connectivity index (χ0) is 29.5. The molecule has 1 N–H and O–H groups in total. The van der Waals surface area contributed by atoms with Gasteiger partial charge in [-0.15, -0.1) is 0 Å². The van der Waals surface area contributed by atoms with Crippen LogP contribution in [0.15, 0.2) is 102 Å². The molecule has 0 bridgehead atoms. The summed E-state index contributed by atoms with van der Waals surface area (Å²) in [6.07, 6.45) is 1.44. The zero-order valence-electron chi connectivity index (χ0n) is 22.5. The van der Waals surface area contributed by atoms with Crippen LogP contribution in [-0.2, 0) is 16.6 Å². The average Bonchev–Trinajstić information content (AvgIpc) is 2.99. The molecule has 3 aromatic carbocycles. The van der Waals surface area contributed by atoms with Crippen LogP contribution >= 0.6 is 11.6 Å². The molecule has 0 saturated heterocycles. The number of anilines is 1. The smallest absolute Gasteiger partial charge is 0.325 e. The second-order valence-electron chi connectivity index (χ2n) is 8.86. The zero-order valence-corrected chi connectivity index (χ0v) is 24.1. The van der Waals surface area contributed by atoms with Crippen molar-refractivity contribution in [3.05, 3.63) is 113 Å². The van der Waals surface area contributed by atoms with Crippen LogP contribution in [0.1, 0.15) is 11.1 Å². The number of aromatic nitrogens is 3. The Kier molecular flexibility index (Phi) is 8.70. The van der Waals surface area contributed by atoms with E-state index in [1.165, 1.54) is 19.4 Å². The van der Waals surface area contributed by atoms with E-state index < -0.39 is 10.0 Å². The lowest BCUT2D eigenvalue weighted by Crippen LogP contribution is -2.16. The van der Waals surface area contributed by atoms with Crippen molar-refractivity contribution in [2.45, 2.75) is 18.6 Å². The van der Waals surface area contributed by atoms with Gasteiger partial charge in [0.15, 0.2) is 27.5 Å². The summed E-state index contributed by atoms with van der Waals surface area (Å²) < 4.78 is 51.9. The van der Waals surface area contributed by atoms with Gasteiger partial charge < -0.3 is 18.9 Å². The summed E-state index contributed by atoms with van der Waals surface area (Å²) >= 11 is 6.52. The maximum Gasteiger partial charge on any atom is 0.325 e. The van der Waals surface area contributed by atoms with Gasteiger partial charge in [-0.3, -0.25) is 4.72 Å². The van der Waals surface area contributed by atoms with Crippen molar-refractivity contribution in [1.82, 2.24) is 15.0 Å². The SMILES string of the molecule is COc1ccccc1Oc1c(Cl)nc(Oc2cccc(OCc3ccccc3)c2)nc1NS(=O)(=O)c1ccc(C)cn1. The second-order valence-corrected chi connectivity index (χ2v) is 10.8. The van der Waals surface area contributed by atoms with E-state index in [1.807, 2.05) is 30.3 Å². The number of hydrogen-bond acceptors (Lipinski definition) is 9. The summed E-state index contributed by atoms with van der Waals surface area (Å²) in [4.78, 5) is 12.5. The summed E-state index contributed by atoms with van der Waals surface area (Å²) in [5.41, 5.74) is 1.80. The molecule has 0 amide bonds. The number of sulfonamides is 1. The summed E-state index contributed by atoms with van der Waals surface area (Å²) in [6, 6.07) is 26.1. The van der Waals surface area contributed by atoms with Crippen molar-refractivity contribution in [2.75, 3.05) is 11.8 Å². The van der Waals surface area contributed by atoms with Gasteiger partial charge in [-0.05, 0) is 48.4 Å². The third-order valence-corrected chi connectivity index (χ3v) is 7.25. The summed E-state index contributed by atoms with van der Waals surface area (Å²) in [7, 11) is -2.73. The quantitative estimate of drug-likeness (QED) is 0.162. The van der Waals surface area contributed by atoms with Gasteiger partial charge >= 0.3 is 6.01 Å². The first-order chi connectivity index (χ1) is 20.3. The van der Waals surface area contributed by atoms with E-state index in [4.69, 9.17) is 30.5 Å². The first-order valence-corrected chi connectivity index (χ1v) is 14.5. The highest BCUT2D eigenvalue weighted by Gasteiger charge is 2.24. The fourth-order valence-electron chi connectivity index (χ4n) is 3.69. The normalized spacial score (nSPS) is 11.0. The Morgan fingerprint density at radius 3 is 2.31 bits per heavy atom. The molecule has 12 heteroatoms. The Morgan fingerprint density at radius 1 is 0.833 bits per heavy atom. The number of para-hydroxylation sites is 2. The highest BCUT2D eigenvalue weighted by Crippen LogP contribution is 2.40. The molecule has 0 aliphatic heterocycles. The number of nitrogens with one attached hydrogen (secondary N) is 1. The van der Waals surface area contributed by atoms with Crippen molar-refractivity contribution in [1.29, 1.82) is 0 Å². The number of aryl methyl sites for hydroxylation is 1. The van der Waals surface area contributed by atoms with Crippen molar-refractivity contribution in [2.24, 2.45) is 0 Å². The van der Waals surface area contributed by atoms with E-state index in [0.29, 0.717) is 23.9 Å². The average molecular weight is 605 g/mol. The minimum absolute atomic E-state index is 0.163. The number of benzene rings is 3. The molecular weight excluding hydrogens is 580 g/mol. The van der Waals surface area contributed by atoms with Crippen LogP contribution in [0, 0.1) is 6.92 Å². The standard InChI is InChI=1S/C30H25ClN4O6S/c1-20-15-16-26(32-18-20)42(36,37)35-29-27(41-25-14-7-6-13-24(25)38-2)28(31)33-30(34-29)40-23-12-8-11-22(17-23)39-19-21-9-4-3-5-10-21/h3-18H,19H2,1-2H3,(H,33,34,35). The van der Waals surface area contributed by atoms with Crippen LogP contribution in [0.5, 0.6) is 34.8 Å². The molecule has 5 aromatic rings. The third-order valence-electron chi connectivity index (χ3n) is 5.74. The van der Waals surface area contributed by atoms with E-state index in [0.717, 1.165) is 11.1 Å². The molecule has 214 valence electrons. The van der Waals surface area contributed by atoms with Gasteiger partial charge in [-0.25, -0.2) is 4.98 Å². The van der Waals surface area contributed by atoms with Crippen LogP contribution in [0.3, 0.4) is 0 Å². The predicted octanol–water partition coefficient (Wildman–Crippen LogP) is 6.81. The summed E-state index contributed by atoms with van der Waals surface area (Å²) in [6.45, 7) is 2.16. The Morgan fingerprint density at radius 2 is 1.57 bits per heavy atom. The van der Waals surface area contributed by atoms with Crippen LogP contribution in [0.25, 0.3) is 0 Å². The lowest BCUT2D eigenvalue weighted by atomic mass is 10.2. The molecule has 0 aliphatic rings. The molecule has 0 fully saturated rings. The molecule has 0 spiro atoms. The molecule has 42 heavy (non-hydrogen) atoms. The van der Waals surface area contributed by atoms with Gasteiger partial charge in [-0.1, -0.05) is 66.2 Å². The lowest BCUT2D eigenvalue weighted by Gasteiger charge is -2.16. The minimum Gasteiger partial charge on any atom is -0.493 e. The third kappa shape index (κ3) is 7.06. The van der Waals surface area contributed by atoms with E-state index in [9.17, 15) is 8.42 Å². The molecule has 2 heterocycles. The topological polar surface area (TPSA) is 122 Å². The van der Waals surface area contributed by atoms with Crippen LogP contribution < -0.4 is 23.7 Å². The molecule has 2 aromatic heterocycles. The highest BCUT2D eigenvalue weighted by atomic mass is 35.5. The Balaban J connectivity index is 1.46. The van der Waals surface area contributed by atoms with Crippen molar-refractivity contribution in [3.63, 3.8) is 0 Å². The first kappa shape index (κ1) is 28.7.